The van der Waals surface area contributed by atoms with Crippen LogP contribution in [0.3, 0.4) is 0 Å². The fraction of sp³-hybridized carbons (Fsp3) is 0.941. The summed E-state index contributed by atoms with van der Waals surface area (Å²) >= 11 is 0. The molecular weight excluding hydrogens is 354 g/mol. The van der Waals surface area contributed by atoms with Crippen LogP contribution in [0.25, 0.3) is 0 Å². The van der Waals surface area contributed by atoms with E-state index < -0.39 is 24.1 Å². The minimum atomic E-state index is -3.56. The zero-order chi connectivity index (χ0) is 18.4. The molecular formula is C17H29N3O3SSi. The normalized spacial score (nSPS) is 43.6. The molecule has 8 heteroatoms. The van der Waals surface area contributed by atoms with E-state index in [4.69, 9.17) is 0 Å². The van der Waals surface area contributed by atoms with Gasteiger partial charge in [0, 0.05) is 11.8 Å². The highest BCUT2D eigenvalue weighted by atomic mass is 32.2. The van der Waals surface area contributed by atoms with Crippen LogP contribution in [0.4, 0.5) is 0 Å². The van der Waals surface area contributed by atoms with Crippen molar-refractivity contribution in [1.82, 2.24) is 4.31 Å². The Bertz CT molecular complexity index is 758. The Balaban J connectivity index is 1.64. The molecule has 6 nitrogen and oxygen atoms in total. The smallest absolute Gasteiger partial charge is 0.263 e. The molecule has 25 heavy (non-hydrogen) atoms. The first-order chi connectivity index (χ1) is 11.4. The molecule has 1 amide bonds. The summed E-state index contributed by atoms with van der Waals surface area (Å²) in [5.74, 6) is 0.319. The van der Waals surface area contributed by atoms with E-state index in [9.17, 15) is 13.2 Å². The summed E-state index contributed by atoms with van der Waals surface area (Å²) in [6.45, 7) is 11.0. The fourth-order valence-corrected chi connectivity index (χ4v) is 9.78. The van der Waals surface area contributed by atoms with Crippen molar-refractivity contribution in [3.05, 3.63) is 0 Å². The fourth-order valence-electron chi connectivity index (χ4n) is 5.87. The number of azo groups is 1. The SMILES string of the molecule is CC1(C)C2CCC13CS(=O)(=O)N(C(=O)C1CC([Si](C)(C)C)N=N1)C3C2. The lowest BCUT2D eigenvalue weighted by Crippen LogP contribution is -2.48. The van der Waals surface area contributed by atoms with E-state index >= 15 is 0 Å². The number of nitrogens with zero attached hydrogens (tertiary/aromatic N) is 3. The van der Waals surface area contributed by atoms with Crippen LogP contribution in [0.1, 0.15) is 39.5 Å². The van der Waals surface area contributed by atoms with Gasteiger partial charge in [0.25, 0.3) is 5.91 Å². The maximum Gasteiger partial charge on any atom is 0.263 e. The van der Waals surface area contributed by atoms with Crippen molar-refractivity contribution < 1.29 is 13.2 Å². The van der Waals surface area contributed by atoms with Crippen LogP contribution < -0.4 is 0 Å². The van der Waals surface area contributed by atoms with Crippen molar-refractivity contribution in [3.63, 3.8) is 0 Å². The number of hydrogen-bond donors (Lipinski definition) is 0. The van der Waals surface area contributed by atoms with Crippen LogP contribution in [0.15, 0.2) is 10.2 Å². The van der Waals surface area contributed by atoms with Gasteiger partial charge < -0.3 is 0 Å². The maximum absolute atomic E-state index is 13.2. The van der Waals surface area contributed by atoms with Crippen molar-refractivity contribution >= 4 is 24.0 Å². The predicted octanol–water partition coefficient (Wildman–Crippen LogP) is 2.82. The van der Waals surface area contributed by atoms with Crippen LogP contribution in [0.2, 0.25) is 19.6 Å². The van der Waals surface area contributed by atoms with Gasteiger partial charge in [-0.2, -0.15) is 10.2 Å². The Morgan fingerprint density at radius 2 is 1.84 bits per heavy atom. The van der Waals surface area contributed by atoms with E-state index in [2.05, 4.69) is 43.7 Å². The number of rotatable bonds is 2. The molecule has 1 spiro atoms. The molecule has 2 heterocycles. The number of hydrogen-bond acceptors (Lipinski definition) is 5. The molecule has 2 bridgehead atoms. The first-order valence-corrected chi connectivity index (χ1v) is 14.5. The van der Waals surface area contributed by atoms with Crippen LogP contribution in [-0.4, -0.2) is 50.2 Å². The Kier molecular flexibility index (Phi) is 3.48. The van der Waals surface area contributed by atoms with Crippen molar-refractivity contribution in [3.8, 4) is 0 Å². The third kappa shape index (κ3) is 2.19. The van der Waals surface area contributed by atoms with Crippen molar-refractivity contribution in [2.24, 2.45) is 27.0 Å². The van der Waals surface area contributed by atoms with Crippen molar-refractivity contribution in [2.45, 2.75) is 76.9 Å². The second kappa shape index (κ2) is 4.94. The molecule has 0 N–H and O–H groups in total. The zero-order valence-electron chi connectivity index (χ0n) is 15.8. The van der Waals surface area contributed by atoms with Crippen molar-refractivity contribution in [1.29, 1.82) is 0 Å². The highest BCUT2D eigenvalue weighted by molar-refractivity contribution is 7.90. The summed E-state index contributed by atoms with van der Waals surface area (Å²) in [6, 6.07) is -0.774. The second-order valence-corrected chi connectivity index (χ2v) is 17.4. The standard InChI is InChI=1S/C17H29N3O3SSi/c1-16(2)11-6-7-17(16)10-24(22,23)20(13(17)8-11)15(21)12-9-14(19-18-12)25(3,4)5/h11-14H,6-10H2,1-5H3. The predicted molar refractivity (Wildman–Crippen MR) is 98.4 cm³/mol. The van der Waals surface area contributed by atoms with E-state index in [1.807, 2.05) is 0 Å². The summed E-state index contributed by atoms with van der Waals surface area (Å²) in [5.41, 5.74) is -0.171. The molecule has 5 atom stereocenters. The van der Waals surface area contributed by atoms with E-state index in [1.54, 1.807) is 0 Å². The van der Waals surface area contributed by atoms with E-state index in [1.165, 1.54) is 4.31 Å². The molecule has 140 valence electrons. The van der Waals surface area contributed by atoms with Gasteiger partial charge in [0.2, 0.25) is 10.0 Å². The molecule has 2 aliphatic heterocycles. The second-order valence-electron chi connectivity index (χ2n) is 10.1. The first-order valence-electron chi connectivity index (χ1n) is 9.36. The van der Waals surface area contributed by atoms with Crippen LogP contribution >= 0.6 is 0 Å². The minimum Gasteiger partial charge on any atom is -0.271 e. The van der Waals surface area contributed by atoms with Gasteiger partial charge in [-0.05, 0) is 30.6 Å². The molecule has 0 radical (unpaired) electrons. The monoisotopic (exact) mass is 383 g/mol. The van der Waals surface area contributed by atoms with E-state index in [0.29, 0.717) is 12.3 Å². The molecule has 2 saturated carbocycles. The molecule has 4 aliphatic rings. The Morgan fingerprint density at radius 3 is 2.40 bits per heavy atom. The first kappa shape index (κ1) is 17.6. The average molecular weight is 384 g/mol. The van der Waals surface area contributed by atoms with Crippen LogP contribution in [0.5, 0.6) is 0 Å². The van der Waals surface area contributed by atoms with Gasteiger partial charge in [0.05, 0.1) is 25.5 Å². The molecule has 2 aliphatic carbocycles. The van der Waals surface area contributed by atoms with Gasteiger partial charge in [0.15, 0.2) is 6.04 Å². The number of amides is 1. The molecule has 4 rings (SSSR count). The minimum absolute atomic E-state index is 0.0161. The van der Waals surface area contributed by atoms with E-state index in [0.717, 1.165) is 19.3 Å². The number of carbonyl (C=O) groups excluding carboxylic acids is 1. The maximum atomic E-state index is 13.2. The average Bonchev–Trinajstić information content (AvgIpc) is 3.14. The highest BCUT2D eigenvalue weighted by Gasteiger charge is 2.72. The largest absolute Gasteiger partial charge is 0.271 e. The lowest BCUT2D eigenvalue weighted by molar-refractivity contribution is -0.130. The lowest BCUT2D eigenvalue weighted by atomic mass is 9.69. The Hall–Kier alpha value is -0.763. The zero-order valence-corrected chi connectivity index (χ0v) is 17.6. The molecule has 0 aromatic rings. The van der Waals surface area contributed by atoms with E-state index in [-0.39, 0.29) is 34.2 Å². The highest BCUT2D eigenvalue weighted by Crippen LogP contribution is 2.70. The third-order valence-corrected chi connectivity index (χ3v) is 12.0. The number of sulfonamides is 1. The van der Waals surface area contributed by atoms with Gasteiger partial charge in [0.1, 0.15) is 0 Å². The topological polar surface area (TPSA) is 79.2 Å². The third-order valence-electron chi connectivity index (χ3n) is 7.71. The molecule has 0 aromatic heterocycles. The molecule has 1 saturated heterocycles. The quantitative estimate of drug-likeness (QED) is 0.688. The summed E-state index contributed by atoms with van der Waals surface area (Å²) in [6.07, 6.45) is 3.40. The molecule has 5 unspecified atom stereocenters. The Labute approximate surface area is 151 Å². The Morgan fingerprint density at radius 1 is 1.16 bits per heavy atom. The molecule has 0 aromatic carbocycles. The van der Waals surface area contributed by atoms with Crippen LogP contribution in [0, 0.1) is 16.7 Å². The summed E-state index contributed by atoms with van der Waals surface area (Å²) in [5, 5.41) is 8.54. The number of fused-ring (bicyclic) bond motifs is 1. The van der Waals surface area contributed by atoms with Crippen molar-refractivity contribution in [2.75, 3.05) is 5.75 Å². The molecule has 3 fully saturated rings. The van der Waals surface area contributed by atoms with Gasteiger partial charge in [-0.15, -0.1) is 0 Å². The van der Waals surface area contributed by atoms with Gasteiger partial charge >= 0.3 is 0 Å². The van der Waals surface area contributed by atoms with Crippen LogP contribution in [-0.2, 0) is 14.8 Å². The van der Waals surface area contributed by atoms with Gasteiger partial charge in [-0.1, -0.05) is 33.5 Å². The lowest BCUT2D eigenvalue weighted by Gasteiger charge is -2.37. The van der Waals surface area contributed by atoms with Gasteiger partial charge in [-0.3, -0.25) is 4.79 Å². The summed E-state index contributed by atoms with van der Waals surface area (Å²) in [7, 11) is -5.09. The summed E-state index contributed by atoms with van der Waals surface area (Å²) < 4.78 is 27.2. The van der Waals surface area contributed by atoms with Gasteiger partial charge in [-0.25, -0.2) is 12.7 Å². The number of carbonyl (C=O) groups is 1. The summed E-state index contributed by atoms with van der Waals surface area (Å²) in [4.78, 5) is 13.2.